The molecule has 162 valence electrons. The molecule has 0 radical (unpaired) electrons. The number of hydrogen-bond acceptors (Lipinski definition) is 7. The molecule has 0 bridgehead atoms. The molecule has 0 saturated carbocycles. The van der Waals surface area contributed by atoms with Crippen LogP contribution in [0.4, 0.5) is 5.00 Å². The molecule has 0 atom stereocenters. The Morgan fingerprint density at radius 2 is 2.00 bits per heavy atom. The highest BCUT2D eigenvalue weighted by Crippen LogP contribution is 2.38. The summed E-state index contributed by atoms with van der Waals surface area (Å²) < 4.78 is 10.5. The highest BCUT2D eigenvalue weighted by Gasteiger charge is 2.27. The third kappa shape index (κ3) is 5.02. The average Bonchev–Trinajstić information content (AvgIpc) is 3.39. The van der Waals surface area contributed by atoms with Gasteiger partial charge in [-0.2, -0.15) is 4.98 Å². The van der Waals surface area contributed by atoms with Gasteiger partial charge < -0.3 is 14.6 Å². The van der Waals surface area contributed by atoms with Gasteiger partial charge in [-0.15, -0.1) is 11.3 Å². The number of thiophene rings is 1. The van der Waals surface area contributed by atoms with Gasteiger partial charge >= 0.3 is 5.97 Å². The molecule has 1 aromatic carbocycles. The van der Waals surface area contributed by atoms with Crippen LogP contribution in [0.1, 0.15) is 59.3 Å². The number of hydrogen-bond donors (Lipinski definition) is 1. The number of aromatic nitrogens is 2. The van der Waals surface area contributed by atoms with E-state index in [0.717, 1.165) is 36.8 Å². The van der Waals surface area contributed by atoms with Gasteiger partial charge in [-0.05, 0) is 44.6 Å². The van der Waals surface area contributed by atoms with Crippen LogP contribution in [0.5, 0.6) is 0 Å². The summed E-state index contributed by atoms with van der Waals surface area (Å²) in [6.07, 6.45) is 5.35. The molecular weight excluding hydrogens is 414 g/mol. The Bertz CT molecular complexity index is 1060. The lowest BCUT2D eigenvalue weighted by atomic mass is 9.95. The number of esters is 1. The van der Waals surface area contributed by atoms with Gasteiger partial charge in [-0.25, -0.2) is 4.79 Å². The fourth-order valence-corrected chi connectivity index (χ4v) is 5.02. The van der Waals surface area contributed by atoms with Gasteiger partial charge in [-0.1, -0.05) is 35.5 Å². The molecule has 7 nitrogen and oxygen atoms in total. The van der Waals surface area contributed by atoms with Crippen molar-refractivity contribution in [2.24, 2.45) is 0 Å². The van der Waals surface area contributed by atoms with E-state index in [-0.39, 0.29) is 11.9 Å². The summed E-state index contributed by atoms with van der Waals surface area (Å²) in [6.45, 7) is 2.10. The first-order valence-electron chi connectivity index (χ1n) is 10.6. The van der Waals surface area contributed by atoms with Crippen molar-refractivity contribution < 1.29 is 18.8 Å². The Balaban J connectivity index is 1.36. The monoisotopic (exact) mass is 439 g/mol. The number of carbonyl (C=O) groups excluding carboxylic acids is 2. The highest BCUT2D eigenvalue weighted by molar-refractivity contribution is 7.17. The maximum Gasteiger partial charge on any atom is 0.341 e. The van der Waals surface area contributed by atoms with Crippen molar-refractivity contribution in [2.75, 3.05) is 11.9 Å². The van der Waals surface area contributed by atoms with Crippen molar-refractivity contribution in [3.63, 3.8) is 0 Å². The minimum atomic E-state index is -0.350. The lowest BCUT2D eigenvalue weighted by molar-refractivity contribution is -0.116. The van der Waals surface area contributed by atoms with Crippen molar-refractivity contribution in [2.45, 2.75) is 51.9 Å². The van der Waals surface area contributed by atoms with Crippen LogP contribution in [0.25, 0.3) is 11.4 Å². The van der Waals surface area contributed by atoms with Crippen molar-refractivity contribution in [3.05, 3.63) is 52.2 Å². The topological polar surface area (TPSA) is 94.3 Å². The molecule has 3 aromatic rings. The van der Waals surface area contributed by atoms with Gasteiger partial charge in [0.25, 0.3) is 0 Å². The Morgan fingerprint density at radius 3 is 2.81 bits per heavy atom. The number of rotatable bonds is 8. The Kier molecular flexibility index (Phi) is 6.76. The predicted octanol–water partition coefficient (Wildman–Crippen LogP) is 4.82. The average molecular weight is 440 g/mol. The van der Waals surface area contributed by atoms with E-state index >= 15 is 0 Å². The van der Waals surface area contributed by atoms with Gasteiger partial charge in [0.1, 0.15) is 5.00 Å². The molecule has 1 aliphatic rings. The van der Waals surface area contributed by atoms with Crippen LogP contribution < -0.4 is 5.32 Å². The van der Waals surface area contributed by atoms with Crippen molar-refractivity contribution in [3.8, 4) is 11.4 Å². The maximum absolute atomic E-state index is 12.6. The van der Waals surface area contributed by atoms with Gasteiger partial charge in [0.2, 0.25) is 17.6 Å². The standard InChI is InChI=1S/C23H25N3O4S/c1-2-29-23(28)20-16-11-6-7-12-17(16)31-22(20)24-18(27)13-8-14-19-25-21(26-30-19)15-9-4-3-5-10-15/h3-5,9-10H,2,6-8,11-14H2,1H3,(H,24,27). The summed E-state index contributed by atoms with van der Waals surface area (Å²) in [5.74, 6) is 0.567. The first-order valence-corrected chi connectivity index (χ1v) is 11.5. The number of aryl methyl sites for hydroxylation is 2. The Morgan fingerprint density at radius 1 is 1.19 bits per heavy atom. The fourth-order valence-electron chi connectivity index (χ4n) is 3.72. The molecule has 1 aliphatic carbocycles. The Hall–Kier alpha value is -3.00. The third-order valence-electron chi connectivity index (χ3n) is 5.20. The molecule has 31 heavy (non-hydrogen) atoms. The zero-order valence-electron chi connectivity index (χ0n) is 17.5. The van der Waals surface area contributed by atoms with Crippen LogP contribution in [-0.4, -0.2) is 28.6 Å². The number of nitrogens with zero attached hydrogens (tertiary/aromatic N) is 2. The summed E-state index contributed by atoms with van der Waals surface area (Å²) in [6, 6.07) is 9.61. The zero-order chi connectivity index (χ0) is 21.6. The number of nitrogens with one attached hydrogen (secondary N) is 1. The minimum Gasteiger partial charge on any atom is -0.462 e. The van der Waals surface area contributed by atoms with Crippen molar-refractivity contribution >= 4 is 28.2 Å². The van der Waals surface area contributed by atoms with Crippen molar-refractivity contribution in [1.29, 1.82) is 0 Å². The molecule has 2 heterocycles. The molecule has 4 rings (SSSR count). The van der Waals surface area contributed by atoms with Crippen molar-refractivity contribution in [1.82, 2.24) is 10.1 Å². The molecule has 0 spiro atoms. The minimum absolute atomic E-state index is 0.132. The van der Waals surface area contributed by atoms with Gasteiger partial charge in [0, 0.05) is 23.3 Å². The number of anilines is 1. The first-order chi connectivity index (χ1) is 15.2. The summed E-state index contributed by atoms with van der Waals surface area (Å²) in [4.78, 5) is 30.6. The molecule has 1 N–H and O–H groups in total. The van der Waals surface area contributed by atoms with Gasteiger partial charge in [0.15, 0.2) is 0 Å². The quantitative estimate of drug-likeness (QED) is 0.506. The van der Waals surface area contributed by atoms with E-state index in [2.05, 4.69) is 15.5 Å². The van der Waals surface area contributed by atoms with Crippen LogP contribution in [0.15, 0.2) is 34.9 Å². The molecule has 0 fully saturated rings. The Labute approximate surface area is 184 Å². The molecule has 1 amide bonds. The lowest BCUT2D eigenvalue weighted by Crippen LogP contribution is -2.15. The number of benzene rings is 1. The van der Waals surface area contributed by atoms with Crippen LogP contribution in [-0.2, 0) is 28.8 Å². The molecular formula is C23H25N3O4S. The van der Waals surface area contributed by atoms with Gasteiger partial charge in [-0.3, -0.25) is 4.79 Å². The first kappa shape index (κ1) is 21.2. The second kappa shape index (κ2) is 9.87. The van der Waals surface area contributed by atoms with Crippen LogP contribution in [0, 0.1) is 0 Å². The fraction of sp³-hybridized carbons (Fsp3) is 0.391. The summed E-state index contributed by atoms with van der Waals surface area (Å²) in [7, 11) is 0. The second-order valence-corrected chi connectivity index (χ2v) is 8.52. The van der Waals surface area contributed by atoms with E-state index in [1.807, 2.05) is 30.3 Å². The molecule has 0 saturated heterocycles. The number of ether oxygens (including phenoxy) is 1. The summed E-state index contributed by atoms with van der Waals surface area (Å²) in [5.41, 5.74) is 2.48. The molecule has 2 aromatic heterocycles. The van der Waals surface area contributed by atoms with Crippen LogP contribution >= 0.6 is 11.3 Å². The van der Waals surface area contributed by atoms with E-state index < -0.39 is 0 Å². The zero-order valence-corrected chi connectivity index (χ0v) is 18.3. The van der Waals surface area contributed by atoms with E-state index in [4.69, 9.17) is 9.26 Å². The van der Waals surface area contributed by atoms with Crippen LogP contribution in [0.2, 0.25) is 0 Å². The highest BCUT2D eigenvalue weighted by atomic mass is 32.1. The third-order valence-corrected chi connectivity index (χ3v) is 6.41. The molecule has 0 aliphatic heterocycles. The predicted molar refractivity (Wildman–Crippen MR) is 118 cm³/mol. The molecule has 0 unspecified atom stereocenters. The summed E-state index contributed by atoms with van der Waals surface area (Å²) in [5, 5.41) is 7.55. The van der Waals surface area contributed by atoms with E-state index in [1.54, 1.807) is 6.92 Å². The van der Waals surface area contributed by atoms with E-state index in [1.165, 1.54) is 16.2 Å². The lowest BCUT2D eigenvalue weighted by Gasteiger charge is -2.12. The second-order valence-electron chi connectivity index (χ2n) is 7.41. The summed E-state index contributed by atoms with van der Waals surface area (Å²) >= 11 is 1.50. The van der Waals surface area contributed by atoms with E-state index in [9.17, 15) is 9.59 Å². The smallest absolute Gasteiger partial charge is 0.341 e. The number of carbonyl (C=O) groups is 2. The number of amides is 1. The number of fused-ring (bicyclic) bond motifs is 1. The van der Waals surface area contributed by atoms with E-state index in [0.29, 0.717) is 48.1 Å². The largest absolute Gasteiger partial charge is 0.462 e. The normalized spacial score (nSPS) is 12.9. The van der Waals surface area contributed by atoms with Crippen LogP contribution in [0.3, 0.4) is 0 Å². The maximum atomic E-state index is 12.6. The van der Waals surface area contributed by atoms with Gasteiger partial charge in [0.05, 0.1) is 12.2 Å². The molecule has 8 heteroatoms. The SMILES string of the molecule is CCOC(=O)c1c(NC(=O)CCCc2nc(-c3ccccc3)no2)sc2c1CCCC2.